The third-order valence-corrected chi connectivity index (χ3v) is 5.46. The van der Waals surface area contributed by atoms with Crippen LogP contribution in [0.25, 0.3) is 0 Å². The van der Waals surface area contributed by atoms with Crippen molar-refractivity contribution in [1.29, 1.82) is 0 Å². The van der Waals surface area contributed by atoms with Crippen LogP contribution in [0.5, 0.6) is 5.75 Å². The highest BCUT2D eigenvalue weighted by molar-refractivity contribution is 6.21. The molecule has 8 nitrogen and oxygen atoms in total. The zero-order valence-electron chi connectivity index (χ0n) is 17.5. The minimum Gasteiger partial charge on any atom is -0.482 e. The molecule has 0 aromatic heterocycles. The lowest BCUT2D eigenvalue weighted by atomic mass is 10.0. The van der Waals surface area contributed by atoms with Gasteiger partial charge in [0.25, 0.3) is 17.7 Å². The molecule has 2 aromatic rings. The number of hydrogen-bond acceptors (Lipinski definition) is 6. The molecule has 0 fully saturated rings. The molecular weight excluding hydrogens is 400 g/mol. The number of carbonyl (C=O) groups excluding carboxylic acids is 4. The first-order valence-electron chi connectivity index (χ1n) is 9.83. The van der Waals surface area contributed by atoms with E-state index in [4.69, 9.17) is 9.47 Å². The third-order valence-electron chi connectivity index (χ3n) is 5.46. The van der Waals surface area contributed by atoms with Crippen LogP contribution in [-0.4, -0.2) is 60.8 Å². The number of anilines is 1. The van der Waals surface area contributed by atoms with Gasteiger partial charge in [-0.1, -0.05) is 12.1 Å². The number of benzene rings is 2. The molecule has 0 radical (unpaired) electrons. The first kappa shape index (κ1) is 20.7. The maximum Gasteiger partial charge on any atom is 0.264 e. The lowest BCUT2D eigenvalue weighted by molar-refractivity contribution is -0.121. The Morgan fingerprint density at radius 1 is 1.06 bits per heavy atom. The van der Waals surface area contributed by atoms with Crippen LogP contribution in [0, 0.1) is 0 Å². The summed E-state index contributed by atoms with van der Waals surface area (Å²) >= 11 is 0. The Labute approximate surface area is 179 Å². The van der Waals surface area contributed by atoms with Gasteiger partial charge in [0.05, 0.1) is 29.0 Å². The molecular formula is C23H22N2O6. The fourth-order valence-electron chi connectivity index (χ4n) is 3.73. The standard InChI is InChI=1S/C23H22N2O6/c1-23(2,25-21(28)15-6-4-5-7-16(15)22(25)29)13-30-11-18(26)14-8-9-19-17(10-14)24(3)20(27)12-31-19/h4-10H,11-13H2,1-3H3. The van der Waals surface area contributed by atoms with Crippen LogP contribution in [0.4, 0.5) is 5.69 Å². The average molecular weight is 422 g/mol. The zero-order chi connectivity index (χ0) is 22.3. The average Bonchev–Trinajstić information content (AvgIpc) is 3.01. The molecule has 0 spiro atoms. The molecule has 0 N–H and O–H groups in total. The van der Waals surface area contributed by atoms with Crippen LogP contribution < -0.4 is 9.64 Å². The Bertz CT molecular complexity index is 1070. The van der Waals surface area contributed by atoms with Gasteiger partial charge in [-0.25, -0.2) is 0 Å². The van der Waals surface area contributed by atoms with Gasteiger partial charge in [0, 0.05) is 12.6 Å². The van der Waals surface area contributed by atoms with Crippen LogP contribution in [0.3, 0.4) is 0 Å². The van der Waals surface area contributed by atoms with Crippen LogP contribution in [-0.2, 0) is 9.53 Å². The van der Waals surface area contributed by atoms with E-state index in [1.807, 2.05) is 0 Å². The molecule has 0 aliphatic carbocycles. The number of Topliss-reactive ketones (excluding diaryl/α,β-unsaturated/α-hetero) is 1. The summed E-state index contributed by atoms with van der Waals surface area (Å²) in [6.07, 6.45) is 0. The molecule has 0 atom stereocenters. The number of carbonyl (C=O) groups is 4. The number of imide groups is 1. The minimum atomic E-state index is -0.941. The summed E-state index contributed by atoms with van der Waals surface area (Å²) in [5, 5.41) is 0. The third kappa shape index (κ3) is 3.59. The van der Waals surface area contributed by atoms with Gasteiger partial charge in [0.15, 0.2) is 12.4 Å². The van der Waals surface area contributed by atoms with Crippen molar-refractivity contribution in [3.05, 3.63) is 59.2 Å². The molecule has 2 aliphatic heterocycles. The second kappa shape index (κ2) is 7.63. The second-order valence-electron chi connectivity index (χ2n) is 8.14. The molecule has 0 unspecified atom stereocenters. The summed E-state index contributed by atoms with van der Waals surface area (Å²) in [6, 6.07) is 11.5. The Balaban J connectivity index is 1.41. The quantitative estimate of drug-likeness (QED) is 0.524. The van der Waals surface area contributed by atoms with Gasteiger partial charge in [-0.2, -0.15) is 0 Å². The summed E-state index contributed by atoms with van der Waals surface area (Å²) in [5.74, 6) is -0.694. The van der Waals surface area contributed by atoms with Gasteiger partial charge in [0.1, 0.15) is 12.4 Å². The minimum absolute atomic E-state index is 0.00332. The summed E-state index contributed by atoms with van der Waals surface area (Å²) < 4.78 is 11.0. The summed E-state index contributed by atoms with van der Waals surface area (Å²) in [6.45, 7) is 3.17. The van der Waals surface area contributed by atoms with Gasteiger partial charge >= 0.3 is 0 Å². The first-order chi connectivity index (χ1) is 14.7. The Kier molecular flexibility index (Phi) is 5.10. The Morgan fingerprint density at radius 3 is 2.35 bits per heavy atom. The number of rotatable bonds is 6. The Hall–Kier alpha value is -3.52. The fraction of sp³-hybridized carbons (Fsp3) is 0.304. The van der Waals surface area contributed by atoms with Crippen molar-refractivity contribution in [3.63, 3.8) is 0 Å². The van der Waals surface area contributed by atoms with Crippen LogP contribution >= 0.6 is 0 Å². The molecule has 8 heteroatoms. The zero-order valence-corrected chi connectivity index (χ0v) is 17.5. The van der Waals surface area contributed by atoms with Crippen molar-refractivity contribution in [1.82, 2.24) is 4.90 Å². The number of likely N-dealkylation sites (N-methyl/N-ethyl adjacent to an activating group) is 1. The monoisotopic (exact) mass is 422 g/mol. The summed E-state index contributed by atoms with van der Waals surface area (Å²) in [5.41, 5.74) is 0.693. The van der Waals surface area contributed by atoms with Gasteiger partial charge < -0.3 is 14.4 Å². The molecule has 4 rings (SSSR count). The highest BCUT2D eigenvalue weighted by Crippen LogP contribution is 2.32. The lowest BCUT2D eigenvalue weighted by Crippen LogP contribution is -2.50. The summed E-state index contributed by atoms with van der Waals surface area (Å²) in [7, 11) is 1.62. The van der Waals surface area contributed by atoms with E-state index in [1.165, 1.54) is 9.80 Å². The van der Waals surface area contributed by atoms with E-state index in [0.29, 0.717) is 28.1 Å². The van der Waals surface area contributed by atoms with E-state index in [0.717, 1.165) is 0 Å². The molecule has 31 heavy (non-hydrogen) atoms. The molecule has 3 amide bonds. The lowest BCUT2D eigenvalue weighted by Gasteiger charge is -2.33. The van der Waals surface area contributed by atoms with Crippen LogP contribution in [0.15, 0.2) is 42.5 Å². The van der Waals surface area contributed by atoms with E-state index in [-0.39, 0.29) is 43.3 Å². The highest BCUT2D eigenvalue weighted by atomic mass is 16.5. The van der Waals surface area contributed by atoms with E-state index < -0.39 is 5.54 Å². The van der Waals surface area contributed by atoms with Crippen molar-refractivity contribution >= 4 is 29.2 Å². The molecule has 0 bridgehead atoms. The number of fused-ring (bicyclic) bond motifs is 2. The van der Waals surface area contributed by atoms with Gasteiger partial charge in [0.2, 0.25) is 0 Å². The van der Waals surface area contributed by atoms with Gasteiger partial charge in [-0.3, -0.25) is 24.1 Å². The highest BCUT2D eigenvalue weighted by Gasteiger charge is 2.44. The van der Waals surface area contributed by atoms with E-state index in [1.54, 1.807) is 63.4 Å². The predicted octanol–water partition coefficient (Wildman–Crippen LogP) is 2.32. The number of amides is 3. The molecule has 160 valence electrons. The van der Waals surface area contributed by atoms with Crippen LogP contribution in [0.1, 0.15) is 44.9 Å². The molecule has 2 aliphatic rings. The number of hydrogen-bond donors (Lipinski definition) is 0. The predicted molar refractivity (Wildman–Crippen MR) is 112 cm³/mol. The summed E-state index contributed by atoms with van der Waals surface area (Å²) in [4.78, 5) is 52.5. The molecule has 0 saturated carbocycles. The first-order valence-corrected chi connectivity index (χ1v) is 9.83. The number of ether oxygens (including phenoxy) is 2. The second-order valence-corrected chi connectivity index (χ2v) is 8.14. The van der Waals surface area contributed by atoms with Crippen molar-refractivity contribution < 1.29 is 28.7 Å². The SMILES string of the molecule is CN1C(=O)COc2ccc(C(=O)COCC(C)(C)N3C(=O)c4ccccc4C3=O)cc21. The van der Waals surface area contributed by atoms with E-state index in [9.17, 15) is 19.2 Å². The molecule has 2 aromatic carbocycles. The normalized spacial score (nSPS) is 15.6. The number of nitrogens with zero attached hydrogens (tertiary/aromatic N) is 2. The smallest absolute Gasteiger partial charge is 0.264 e. The number of ketones is 1. The van der Waals surface area contributed by atoms with Crippen molar-refractivity contribution in [2.75, 3.05) is 31.8 Å². The van der Waals surface area contributed by atoms with E-state index in [2.05, 4.69) is 0 Å². The fourth-order valence-corrected chi connectivity index (χ4v) is 3.73. The van der Waals surface area contributed by atoms with Gasteiger partial charge in [-0.05, 0) is 44.2 Å². The molecule has 2 heterocycles. The van der Waals surface area contributed by atoms with Crippen molar-refractivity contribution in [3.8, 4) is 5.75 Å². The molecule has 0 saturated heterocycles. The van der Waals surface area contributed by atoms with Crippen molar-refractivity contribution in [2.24, 2.45) is 0 Å². The topological polar surface area (TPSA) is 93.2 Å². The van der Waals surface area contributed by atoms with Crippen molar-refractivity contribution in [2.45, 2.75) is 19.4 Å². The maximum absolute atomic E-state index is 12.7. The van der Waals surface area contributed by atoms with Crippen LogP contribution in [0.2, 0.25) is 0 Å². The maximum atomic E-state index is 12.7. The van der Waals surface area contributed by atoms with E-state index >= 15 is 0 Å². The largest absolute Gasteiger partial charge is 0.482 e. The van der Waals surface area contributed by atoms with Gasteiger partial charge in [-0.15, -0.1) is 0 Å². The Morgan fingerprint density at radius 2 is 1.71 bits per heavy atom.